The van der Waals surface area contributed by atoms with Crippen LogP contribution in [-0.4, -0.2) is 35.0 Å². The van der Waals surface area contributed by atoms with E-state index in [9.17, 15) is 9.90 Å². The van der Waals surface area contributed by atoms with E-state index < -0.39 is 0 Å². The molecule has 1 atom stereocenters. The number of rotatable bonds is 5. The predicted molar refractivity (Wildman–Crippen MR) is 111 cm³/mol. The van der Waals surface area contributed by atoms with Crippen LogP contribution in [0.15, 0.2) is 78.9 Å². The first-order valence-corrected chi connectivity index (χ1v) is 9.64. The minimum atomic E-state index is -0.0242. The highest BCUT2D eigenvalue weighted by Crippen LogP contribution is 2.22. The highest BCUT2D eigenvalue weighted by atomic mass is 16.3. The van der Waals surface area contributed by atoms with Crippen LogP contribution in [0.3, 0.4) is 0 Å². The van der Waals surface area contributed by atoms with Crippen molar-refractivity contribution in [3.05, 3.63) is 90.0 Å². The van der Waals surface area contributed by atoms with Crippen molar-refractivity contribution in [3.8, 4) is 16.9 Å². The Morgan fingerprint density at radius 1 is 0.929 bits per heavy atom. The molecule has 2 N–H and O–H groups in total. The van der Waals surface area contributed by atoms with Crippen molar-refractivity contribution < 1.29 is 9.90 Å². The molecule has 1 aliphatic rings. The smallest absolute Gasteiger partial charge is 0.251 e. The van der Waals surface area contributed by atoms with Gasteiger partial charge in [-0.05, 0) is 47.4 Å². The number of carbonyl (C=O) groups is 1. The van der Waals surface area contributed by atoms with E-state index in [1.807, 2.05) is 42.5 Å². The van der Waals surface area contributed by atoms with Crippen LogP contribution < -0.4 is 5.32 Å². The van der Waals surface area contributed by atoms with Crippen molar-refractivity contribution in [1.29, 1.82) is 0 Å². The molecule has 0 radical (unpaired) electrons. The molecular formula is C24H24N2O2. The molecule has 4 heteroatoms. The summed E-state index contributed by atoms with van der Waals surface area (Å²) in [7, 11) is 0. The van der Waals surface area contributed by atoms with E-state index in [0.717, 1.165) is 37.2 Å². The lowest BCUT2D eigenvalue weighted by molar-refractivity contribution is 0.0937. The number of phenolic OH excluding ortho intramolecular Hbond substituents is 1. The van der Waals surface area contributed by atoms with Gasteiger partial charge in [-0.2, -0.15) is 0 Å². The van der Waals surface area contributed by atoms with Gasteiger partial charge in [-0.1, -0.05) is 54.6 Å². The Labute approximate surface area is 165 Å². The van der Waals surface area contributed by atoms with Gasteiger partial charge in [-0.25, -0.2) is 0 Å². The average Bonchev–Trinajstić information content (AvgIpc) is 3.16. The maximum atomic E-state index is 12.6. The van der Waals surface area contributed by atoms with Crippen molar-refractivity contribution in [3.63, 3.8) is 0 Å². The molecule has 3 aromatic rings. The zero-order chi connectivity index (χ0) is 19.3. The summed E-state index contributed by atoms with van der Waals surface area (Å²) < 4.78 is 0. The van der Waals surface area contributed by atoms with Gasteiger partial charge in [0, 0.05) is 31.2 Å². The third-order valence-electron chi connectivity index (χ3n) is 5.20. The normalized spacial score (nSPS) is 16.8. The predicted octanol–water partition coefficient (Wildman–Crippen LogP) is 4.06. The number of nitrogens with zero attached hydrogens (tertiary/aromatic N) is 1. The molecule has 0 aromatic heterocycles. The number of aromatic hydroxyl groups is 1. The molecule has 0 aliphatic carbocycles. The van der Waals surface area contributed by atoms with E-state index in [1.54, 1.807) is 12.1 Å². The van der Waals surface area contributed by atoms with Gasteiger partial charge in [-0.15, -0.1) is 0 Å². The number of phenols is 1. The highest BCUT2D eigenvalue weighted by molar-refractivity contribution is 5.94. The second kappa shape index (κ2) is 8.28. The molecule has 1 aliphatic heterocycles. The van der Waals surface area contributed by atoms with Crippen LogP contribution in [0, 0.1) is 0 Å². The van der Waals surface area contributed by atoms with Crippen LogP contribution in [-0.2, 0) is 6.54 Å². The summed E-state index contributed by atoms with van der Waals surface area (Å²) >= 11 is 0. The Kier molecular flexibility index (Phi) is 5.40. The monoisotopic (exact) mass is 372 g/mol. The summed E-state index contributed by atoms with van der Waals surface area (Å²) in [6.07, 6.45) is 0.976. The number of hydrogen-bond donors (Lipinski definition) is 2. The van der Waals surface area contributed by atoms with Crippen molar-refractivity contribution in [2.75, 3.05) is 13.1 Å². The molecule has 28 heavy (non-hydrogen) atoms. The summed E-state index contributed by atoms with van der Waals surface area (Å²) in [6, 6.07) is 25.3. The molecule has 4 nitrogen and oxygen atoms in total. The SMILES string of the molecule is O=C(N[C@@H]1CCN(Cc2ccccc2)C1)c1ccc(-c2ccc(O)cc2)cc1. The molecule has 1 fully saturated rings. The van der Waals surface area contributed by atoms with Crippen molar-refractivity contribution in [2.24, 2.45) is 0 Å². The number of nitrogens with one attached hydrogen (secondary N) is 1. The molecular weight excluding hydrogens is 348 g/mol. The van der Waals surface area contributed by atoms with E-state index in [-0.39, 0.29) is 17.7 Å². The van der Waals surface area contributed by atoms with E-state index in [2.05, 4.69) is 34.5 Å². The topological polar surface area (TPSA) is 52.6 Å². The van der Waals surface area contributed by atoms with E-state index in [4.69, 9.17) is 0 Å². The van der Waals surface area contributed by atoms with E-state index in [0.29, 0.717) is 5.56 Å². The Morgan fingerprint density at radius 2 is 1.57 bits per heavy atom. The number of likely N-dealkylation sites (tertiary alicyclic amines) is 1. The van der Waals surface area contributed by atoms with Gasteiger partial charge in [0.05, 0.1) is 0 Å². The number of carbonyl (C=O) groups excluding carboxylic acids is 1. The molecule has 3 aromatic carbocycles. The van der Waals surface area contributed by atoms with Gasteiger partial charge in [0.1, 0.15) is 5.75 Å². The third-order valence-corrected chi connectivity index (χ3v) is 5.20. The molecule has 4 rings (SSSR count). The zero-order valence-electron chi connectivity index (χ0n) is 15.7. The molecule has 142 valence electrons. The maximum Gasteiger partial charge on any atom is 0.251 e. The summed E-state index contributed by atoms with van der Waals surface area (Å²) in [5.74, 6) is 0.224. The minimum Gasteiger partial charge on any atom is -0.508 e. The fourth-order valence-electron chi connectivity index (χ4n) is 3.67. The second-order valence-electron chi connectivity index (χ2n) is 7.30. The fourth-order valence-corrected chi connectivity index (χ4v) is 3.67. The summed E-state index contributed by atoms with van der Waals surface area (Å²) in [5.41, 5.74) is 4.01. The van der Waals surface area contributed by atoms with Crippen LogP contribution in [0.5, 0.6) is 5.75 Å². The average molecular weight is 372 g/mol. The number of benzene rings is 3. The molecule has 0 saturated carbocycles. The highest BCUT2D eigenvalue weighted by Gasteiger charge is 2.24. The first-order chi connectivity index (χ1) is 13.7. The molecule has 1 saturated heterocycles. The lowest BCUT2D eigenvalue weighted by Crippen LogP contribution is -2.36. The number of hydrogen-bond acceptors (Lipinski definition) is 3. The maximum absolute atomic E-state index is 12.6. The van der Waals surface area contributed by atoms with Crippen LogP contribution in [0.4, 0.5) is 0 Å². The quantitative estimate of drug-likeness (QED) is 0.710. The number of amides is 1. The first kappa shape index (κ1) is 18.3. The van der Waals surface area contributed by atoms with E-state index in [1.165, 1.54) is 5.56 Å². The van der Waals surface area contributed by atoms with Crippen LogP contribution >= 0.6 is 0 Å². The van der Waals surface area contributed by atoms with Gasteiger partial charge < -0.3 is 10.4 Å². The van der Waals surface area contributed by atoms with Crippen molar-refractivity contribution >= 4 is 5.91 Å². The zero-order valence-corrected chi connectivity index (χ0v) is 15.7. The van der Waals surface area contributed by atoms with Crippen LogP contribution in [0.25, 0.3) is 11.1 Å². The van der Waals surface area contributed by atoms with Crippen molar-refractivity contribution in [2.45, 2.75) is 19.0 Å². The van der Waals surface area contributed by atoms with Gasteiger partial charge in [0.2, 0.25) is 0 Å². The van der Waals surface area contributed by atoms with E-state index >= 15 is 0 Å². The van der Waals surface area contributed by atoms with Gasteiger partial charge in [0.15, 0.2) is 0 Å². The molecule has 1 heterocycles. The van der Waals surface area contributed by atoms with Crippen molar-refractivity contribution in [1.82, 2.24) is 10.2 Å². The molecule has 1 amide bonds. The lowest BCUT2D eigenvalue weighted by Gasteiger charge is -2.17. The standard InChI is InChI=1S/C24H24N2O2/c27-23-12-10-20(11-13-23)19-6-8-21(9-7-19)24(28)25-22-14-15-26(17-22)16-18-4-2-1-3-5-18/h1-13,22,27H,14-17H2,(H,25,28)/t22-/m1/s1. The third kappa shape index (κ3) is 4.41. The van der Waals surface area contributed by atoms with Crippen LogP contribution in [0.2, 0.25) is 0 Å². The Hall–Kier alpha value is -3.11. The Balaban J connectivity index is 1.33. The van der Waals surface area contributed by atoms with Gasteiger partial charge in [0.25, 0.3) is 5.91 Å². The van der Waals surface area contributed by atoms with Crippen LogP contribution in [0.1, 0.15) is 22.3 Å². The first-order valence-electron chi connectivity index (χ1n) is 9.64. The summed E-state index contributed by atoms with van der Waals surface area (Å²) in [4.78, 5) is 15.0. The Morgan fingerprint density at radius 3 is 2.25 bits per heavy atom. The molecule has 0 bridgehead atoms. The summed E-state index contributed by atoms with van der Waals surface area (Å²) in [6.45, 7) is 2.81. The molecule has 0 unspecified atom stereocenters. The summed E-state index contributed by atoms with van der Waals surface area (Å²) in [5, 5.41) is 12.6. The minimum absolute atomic E-state index is 0.0242. The van der Waals surface area contributed by atoms with Gasteiger partial charge in [-0.3, -0.25) is 9.69 Å². The lowest BCUT2D eigenvalue weighted by atomic mass is 10.0. The second-order valence-corrected chi connectivity index (χ2v) is 7.30. The Bertz CT molecular complexity index is 921. The largest absolute Gasteiger partial charge is 0.508 e. The molecule has 0 spiro atoms. The van der Waals surface area contributed by atoms with Gasteiger partial charge >= 0.3 is 0 Å². The fraction of sp³-hybridized carbons (Fsp3) is 0.208.